The Bertz CT molecular complexity index is 498. The predicted octanol–water partition coefficient (Wildman–Crippen LogP) is -2.21. The summed E-state index contributed by atoms with van der Waals surface area (Å²) in [5, 5.41) is 18.8. The van der Waals surface area contributed by atoms with Crippen molar-refractivity contribution in [1.82, 2.24) is 9.55 Å². The van der Waals surface area contributed by atoms with Gasteiger partial charge in [-0.3, -0.25) is 14.3 Å². The molecule has 0 bridgehead atoms. The van der Waals surface area contributed by atoms with Gasteiger partial charge in [-0.15, -0.1) is 0 Å². The van der Waals surface area contributed by atoms with Gasteiger partial charge in [0, 0.05) is 12.3 Å². The zero-order valence-corrected chi connectivity index (χ0v) is 7.53. The minimum atomic E-state index is -1.39. The first-order chi connectivity index (χ1) is 7.50. The molecule has 82 valence electrons. The Hall–Kier alpha value is -1.44. The Balaban J connectivity index is 2.39. The molecule has 7 heteroatoms. The Labute approximate surface area is 85.0 Å². The average molecular weight is 215 g/mol. The normalized spacial score (nSPS) is 36.5. The van der Waals surface area contributed by atoms with Crippen molar-refractivity contribution in [3.8, 4) is 0 Å². The van der Waals surface area contributed by atoms with Gasteiger partial charge in [-0.25, -0.2) is 4.79 Å². The van der Waals surface area contributed by atoms with E-state index in [2.05, 4.69) is 0 Å². The highest BCUT2D eigenvalue weighted by Crippen LogP contribution is 2.21. The van der Waals surface area contributed by atoms with E-state index in [1.165, 1.54) is 0 Å². The number of aliphatic hydroxyl groups is 2. The molecule has 1 aromatic heterocycles. The molecule has 1 unspecified atom stereocenters. The first-order valence-electron chi connectivity index (χ1n) is 4.84. The van der Waals surface area contributed by atoms with Crippen molar-refractivity contribution in [3.05, 3.63) is 33.1 Å². The van der Waals surface area contributed by atoms with Crippen molar-refractivity contribution >= 4 is 0 Å². The molecule has 1 aromatic rings. The fraction of sp³-hybridized carbons (Fsp3) is 0.500. The zero-order valence-electron chi connectivity index (χ0n) is 8.53. The third-order valence-electron chi connectivity index (χ3n) is 2.12. The van der Waals surface area contributed by atoms with E-state index in [4.69, 9.17) is 6.11 Å². The van der Waals surface area contributed by atoms with E-state index in [1.54, 1.807) is 0 Å². The summed E-state index contributed by atoms with van der Waals surface area (Å²) in [4.78, 5) is 24.2. The molecular weight excluding hydrogens is 204 g/mol. The van der Waals surface area contributed by atoms with Crippen molar-refractivity contribution in [2.45, 2.75) is 18.4 Å². The summed E-state index contributed by atoms with van der Waals surface area (Å²) in [6.45, 7) is -1.32. The monoisotopic (exact) mass is 215 g/mol. The van der Waals surface area contributed by atoms with Gasteiger partial charge in [0.15, 0.2) is 6.23 Å². The van der Waals surface area contributed by atoms with Crippen LogP contribution in [0.3, 0.4) is 0 Å². The lowest BCUT2D eigenvalue weighted by molar-refractivity contribution is -0.0212. The molecule has 0 spiro atoms. The number of hydrogen-bond donors (Lipinski definition) is 3. The highest BCUT2D eigenvalue weighted by molar-refractivity contribution is 4.89. The maximum absolute atomic E-state index is 11.4. The molecule has 1 fully saturated rings. The molecule has 0 saturated carbocycles. The summed E-state index contributed by atoms with van der Waals surface area (Å²) in [6, 6.07) is 1.08. The highest BCUT2D eigenvalue weighted by atomic mass is 16.5. The van der Waals surface area contributed by atoms with Crippen LogP contribution < -0.4 is 11.2 Å². The van der Waals surface area contributed by atoms with Crippen LogP contribution in [-0.2, 0) is 4.74 Å². The molecule has 1 aliphatic rings. The number of nitrogens with one attached hydrogen (secondary N) is 1. The van der Waals surface area contributed by atoms with Crippen LogP contribution in [0.5, 0.6) is 0 Å². The second-order valence-corrected chi connectivity index (χ2v) is 3.16. The lowest BCUT2D eigenvalue weighted by Crippen LogP contribution is -2.37. The Morgan fingerprint density at radius 1 is 1.60 bits per heavy atom. The molecule has 2 heterocycles. The molecular formula is C8H10N2O5. The van der Waals surface area contributed by atoms with Crippen molar-refractivity contribution in [3.63, 3.8) is 0 Å². The maximum atomic E-state index is 11.4. The summed E-state index contributed by atoms with van der Waals surface area (Å²) < 4.78 is 13.1. The van der Waals surface area contributed by atoms with Gasteiger partial charge in [0.2, 0.25) is 0 Å². The van der Waals surface area contributed by atoms with Crippen LogP contribution in [0.1, 0.15) is 7.60 Å². The van der Waals surface area contributed by atoms with Gasteiger partial charge in [-0.2, -0.15) is 0 Å². The van der Waals surface area contributed by atoms with Gasteiger partial charge < -0.3 is 14.9 Å². The van der Waals surface area contributed by atoms with E-state index in [9.17, 15) is 19.8 Å². The topological polar surface area (TPSA) is 105 Å². The summed E-state index contributed by atoms with van der Waals surface area (Å²) in [5.41, 5.74) is -1.34. The number of aliphatic hydroxyl groups excluding tert-OH is 2. The van der Waals surface area contributed by atoms with Crippen LogP contribution in [0.25, 0.3) is 0 Å². The minimum Gasteiger partial charge on any atom is -0.388 e. The lowest BCUT2D eigenvalue weighted by Gasteiger charge is -2.16. The summed E-state index contributed by atoms with van der Waals surface area (Å²) in [6.07, 6.45) is -2.79. The van der Waals surface area contributed by atoms with Gasteiger partial charge in [0.05, 0.1) is 7.95 Å². The first-order valence-corrected chi connectivity index (χ1v) is 4.26. The van der Waals surface area contributed by atoms with Crippen LogP contribution in [0, 0.1) is 0 Å². The molecule has 0 radical (unpaired) electrons. The second-order valence-electron chi connectivity index (χ2n) is 3.16. The van der Waals surface area contributed by atoms with E-state index in [0.717, 1.165) is 16.8 Å². The number of H-pyrrole nitrogens is 1. The fourth-order valence-electron chi connectivity index (χ4n) is 1.35. The van der Waals surface area contributed by atoms with Crippen LogP contribution in [0.15, 0.2) is 21.9 Å². The molecule has 2 rings (SSSR count). The third-order valence-corrected chi connectivity index (χ3v) is 2.12. The standard InChI is InChI=1S/C8H10N2O5/c11-4-3-15-7(6(4)13)10-2-1-5(12)9-8(10)14/h1-2,4,6-7,11,13H,3H2,(H,9,12,14)/t4-,6-,7-/m1/s1/i3D/t3?,4-,6-,7-. The smallest absolute Gasteiger partial charge is 0.330 e. The quantitative estimate of drug-likeness (QED) is 0.492. The summed E-state index contributed by atoms with van der Waals surface area (Å²) >= 11 is 0. The molecule has 7 nitrogen and oxygen atoms in total. The van der Waals surface area contributed by atoms with Crippen molar-refractivity contribution < 1.29 is 16.3 Å². The third kappa shape index (κ3) is 1.72. The van der Waals surface area contributed by atoms with E-state index in [-0.39, 0.29) is 0 Å². The van der Waals surface area contributed by atoms with Crippen LogP contribution in [0.4, 0.5) is 0 Å². The number of aromatic nitrogens is 2. The molecule has 1 saturated heterocycles. The van der Waals surface area contributed by atoms with E-state index in [1.807, 2.05) is 4.98 Å². The number of hydrogen-bond acceptors (Lipinski definition) is 5. The average Bonchev–Trinajstić information content (AvgIpc) is 2.46. The lowest BCUT2D eigenvalue weighted by atomic mass is 10.2. The Morgan fingerprint density at radius 3 is 2.87 bits per heavy atom. The van der Waals surface area contributed by atoms with Gasteiger partial charge in [0.25, 0.3) is 5.56 Å². The Kier molecular flexibility index (Phi) is 2.13. The first kappa shape index (κ1) is 8.84. The van der Waals surface area contributed by atoms with Gasteiger partial charge in [-0.1, -0.05) is 0 Å². The minimum absolute atomic E-state index is 0.572. The molecule has 3 N–H and O–H groups in total. The predicted molar refractivity (Wildman–Crippen MR) is 48.3 cm³/mol. The fourth-order valence-corrected chi connectivity index (χ4v) is 1.35. The van der Waals surface area contributed by atoms with Gasteiger partial charge in [-0.05, 0) is 0 Å². The van der Waals surface area contributed by atoms with E-state index < -0.39 is 36.3 Å². The zero-order chi connectivity index (χ0) is 11.9. The number of ether oxygens (including phenoxy) is 1. The molecule has 0 aromatic carbocycles. The summed E-state index contributed by atoms with van der Waals surface area (Å²) in [7, 11) is 0. The number of aromatic amines is 1. The largest absolute Gasteiger partial charge is 0.388 e. The summed E-state index contributed by atoms with van der Waals surface area (Å²) in [5.74, 6) is 0. The van der Waals surface area contributed by atoms with Crippen molar-refractivity contribution in [2.75, 3.05) is 6.58 Å². The van der Waals surface area contributed by atoms with Crippen LogP contribution in [-0.4, -0.2) is 38.6 Å². The van der Waals surface area contributed by atoms with Crippen LogP contribution >= 0.6 is 0 Å². The highest BCUT2D eigenvalue weighted by Gasteiger charge is 2.36. The molecule has 0 aliphatic carbocycles. The van der Waals surface area contributed by atoms with Gasteiger partial charge in [0.1, 0.15) is 12.2 Å². The number of rotatable bonds is 1. The maximum Gasteiger partial charge on any atom is 0.330 e. The Morgan fingerprint density at radius 2 is 2.33 bits per heavy atom. The van der Waals surface area contributed by atoms with E-state index >= 15 is 0 Å². The second kappa shape index (κ2) is 3.61. The molecule has 15 heavy (non-hydrogen) atoms. The van der Waals surface area contributed by atoms with Gasteiger partial charge >= 0.3 is 5.69 Å². The number of nitrogens with zero attached hydrogens (tertiary/aromatic N) is 1. The molecule has 1 aliphatic heterocycles. The van der Waals surface area contributed by atoms with Crippen molar-refractivity contribution in [2.24, 2.45) is 0 Å². The SMILES string of the molecule is [2H]C1O[C@@H](n2ccc(=O)[nH]c2=O)[C@H](O)[C@@H]1O. The van der Waals surface area contributed by atoms with Crippen LogP contribution in [0.2, 0.25) is 0 Å². The van der Waals surface area contributed by atoms with E-state index in [0.29, 0.717) is 0 Å². The molecule has 4 atom stereocenters. The molecule has 0 amide bonds. The van der Waals surface area contributed by atoms with Crippen molar-refractivity contribution in [1.29, 1.82) is 0 Å².